The molecule has 0 atom stereocenters. The monoisotopic (exact) mass is 366 g/mol. The van der Waals surface area contributed by atoms with E-state index in [1.165, 1.54) is 11.3 Å². The SMILES string of the molecule is CCN1CCN(c2ccc(NC(=O)CN(C)Cc3ccccc3)cc2)CC1. The van der Waals surface area contributed by atoms with Gasteiger partial charge in [-0.25, -0.2) is 0 Å². The summed E-state index contributed by atoms with van der Waals surface area (Å²) >= 11 is 0. The highest BCUT2D eigenvalue weighted by Gasteiger charge is 2.15. The van der Waals surface area contributed by atoms with Gasteiger partial charge in [-0.1, -0.05) is 37.3 Å². The number of carbonyl (C=O) groups is 1. The Labute approximate surface area is 162 Å². The molecule has 1 heterocycles. The highest BCUT2D eigenvalue weighted by Crippen LogP contribution is 2.19. The van der Waals surface area contributed by atoms with E-state index in [1.54, 1.807) is 0 Å². The summed E-state index contributed by atoms with van der Waals surface area (Å²) in [4.78, 5) is 19.2. The number of likely N-dealkylation sites (N-methyl/N-ethyl adjacent to an activating group) is 2. The highest BCUT2D eigenvalue weighted by atomic mass is 16.2. The summed E-state index contributed by atoms with van der Waals surface area (Å²) in [5, 5.41) is 3.00. The van der Waals surface area contributed by atoms with Gasteiger partial charge in [0, 0.05) is 44.1 Å². The molecular weight excluding hydrogens is 336 g/mol. The molecule has 1 saturated heterocycles. The minimum absolute atomic E-state index is 0.0118. The van der Waals surface area contributed by atoms with E-state index in [9.17, 15) is 4.79 Å². The topological polar surface area (TPSA) is 38.8 Å². The van der Waals surface area contributed by atoms with Gasteiger partial charge in [-0.3, -0.25) is 9.69 Å². The Morgan fingerprint density at radius 1 is 1.00 bits per heavy atom. The van der Waals surface area contributed by atoms with Crippen LogP contribution in [0.3, 0.4) is 0 Å². The lowest BCUT2D eigenvalue weighted by molar-refractivity contribution is -0.117. The molecule has 2 aromatic rings. The molecule has 1 aliphatic rings. The lowest BCUT2D eigenvalue weighted by Gasteiger charge is -2.35. The van der Waals surface area contributed by atoms with Crippen molar-refractivity contribution in [2.75, 3.05) is 56.5 Å². The molecule has 27 heavy (non-hydrogen) atoms. The molecule has 0 saturated carbocycles. The molecule has 0 spiro atoms. The van der Waals surface area contributed by atoms with Crippen molar-refractivity contribution in [1.82, 2.24) is 9.80 Å². The number of hydrogen-bond donors (Lipinski definition) is 1. The average molecular weight is 367 g/mol. The van der Waals surface area contributed by atoms with Crippen LogP contribution in [-0.2, 0) is 11.3 Å². The number of benzene rings is 2. The first-order chi connectivity index (χ1) is 13.1. The van der Waals surface area contributed by atoms with E-state index in [-0.39, 0.29) is 5.91 Å². The van der Waals surface area contributed by atoms with Crippen molar-refractivity contribution >= 4 is 17.3 Å². The molecule has 144 valence electrons. The van der Waals surface area contributed by atoms with Crippen molar-refractivity contribution < 1.29 is 4.79 Å². The van der Waals surface area contributed by atoms with Gasteiger partial charge in [0.1, 0.15) is 0 Å². The Bertz CT molecular complexity index is 709. The molecule has 0 aliphatic carbocycles. The number of amides is 1. The van der Waals surface area contributed by atoms with Gasteiger partial charge in [0.15, 0.2) is 0 Å². The first kappa shape index (κ1) is 19.4. The molecule has 3 rings (SSSR count). The zero-order valence-corrected chi connectivity index (χ0v) is 16.4. The number of hydrogen-bond acceptors (Lipinski definition) is 4. The van der Waals surface area contributed by atoms with Crippen LogP contribution in [-0.4, -0.2) is 62.0 Å². The zero-order valence-electron chi connectivity index (χ0n) is 16.4. The molecule has 0 radical (unpaired) electrons. The molecular formula is C22H30N4O. The van der Waals surface area contributed by atoms with Crippen LogP contribution < -0.4 is 10.2 Å². The van der Waals surface area contributed by atoms with Crippen LogP contribution in [0.4, 0.5) is 11.4 Å². The van der Waals surface area contributed by atoms with E-state index in [1.807, 2.05) is 42.3 Å². The second-order valence-electron chi connectivity index (χ2n) is 7.17. The molecule has 0 aromatic heterocycles. The van der Waals surface area contributed by atoms with Crippen molar-refractivity contribution in [1.29, 1.82) is 0 Å². The third kappa shape index (κ3) is 5.81. The lowest BCUT2D eigenvalue weighted by Crippen LogP contribution is -2.46. The fourth-order valence-corrected chi connectivity index (χ4v) is 3.47. The molecule has 1 amide bonds. The Kier molecular flexibility index (Phi) is 6.85. The standard InChI is InChI=1S/C22H30N4O/c1-3-25-13-15-26(16-14-25)21-11-9-20(10-12-21)23-22(27)18-24(2)17-19-7-5-4-6-8-19/h4-12H,3,13-18H2,1-2H3,(H,23,27). The van der Waals surface area contributed by atoms with Gasteiger partial charge < -0.3 is 15.1 Å². The maximum Gasteiger partial charge on any atom is 0.238 e. The Balaban J connectivity index is 1.47. The van der Waals surface area contributed by atoms with E-state index >= 15 is 0 Å². The maximum absolute atomic E-state index is 12.3. The molecule has 1 aliphatic heterocycles. The van der Waals surface area contributed by atoms with E-state index in [0.717, 1.165) is 45.0 Å². The summed E-state index contributed by atoms with van der Waals surface area (Å²) in [5.41, 5.74) is 3.29. The van der Waals surface area contributed by atoms with Crippen LogP contribution in [0.1, 0.15) is 12.5 Å². The molecule has 2 aromatic carbocycles. The average Bonchev–Trinajstić information content (AvgIpc) is 2.69. The zero-order chi connectivity index (χ0) is 19.1. The second kappa shape index (κ2) is 9.53. The van der Waals surface area contributed by atoms with Crippen molar-refractivity contribution in [3.63, 3.8) is 0 Å². The van der Waals surface area contributed by atoms with Crippen molar-refractivity contribution in [2.45, 2.75) is 13.5 Å². The Morgan fingerprint density at radius 2 is 1.67 bits per heavy atom. The third-order valence-corrected chi connectivity index (χ3v) is 5.04. The van der Waals surface area contributed by atoms with Gasteiger partial charge >= 0.3 is 0 Å². The third-order valence-electron chi connectivity index (χ3n) is 5.04. The summed E-state index contributed by atoms with van der Waals surface area (Å²) in [5.74, 6) is 0.0118. The molecule has 5 nitrogen and oxygen atoms in total. The van der Waals surface area contributed by atoms with Gasteiger partial charge in [0.25, 0.3) is 0 Å². The fourth-order valence-electron chi connectivity index (χ4n) is 3.47. The van der Waals surface area contributed by atoms with Gasteiger partial charge in [-0.2, -0.15) is 0 Å². The van der Waals surface area contributed by atoms with E-state index in [0.29, 0.717) is 6.54 Å². The number of anilines is 2. The summed E-state index contributed by atoms with van der Waals surface area (Å²) in [7, 11) is 1.96. The number of carbonyl (C=O) groups excluding carboxylic acids is 1. The molecule has 0 unspecified atom stereocenters. The summed E-state index contributed by atoms with van der Waals surface area (Å²) in [6.07, 6.45) is 0. The van der Waals surface area contributed by atoms with Crippen LogP contribution in [0.15, 0.2) is 54.6 Å². The van der Waals surface area contributed by atoms with E-state index in [2.05, 4.69) is 46.3 Å². The minimum atomic E-state index is 0.0118. The van der Waals surface area contributed by atoms with Gasteiger partial charge in [0.05, 0.1) is 6.54 Å². The van der Waals surface area contributed by atoms with E-state index in [4.69, 9.17) is 0 Å². The number of piperazine rings is 1. The molecule has 0 bridgehead atoms. The van der Waals surface area contributed by atoms with Crippen LogP contribution >= 0.6 is 0 Å². The number of rotatable bonds is 7. The molecule has 1 N–H and O–H groups in total. The smallest absolute Gasteiger partial charge is 0.238 e. The van der Waals surface area contributed by atoms with Crippen LogP contribution in [0.25, 0.3) is 0 Å². The van der Waals surface area contributed by atoms with Crippen LogP contribution in [0.5, 0.6) is 0 Å². The Hall–Kier alpha value is -2.37. The van der Waals surface area contributed by atoms with Crippen molar-refractivity contribution in [2.24, 2.45) is 0 Å². The molecule has 1 fully saturated rings. The predicted octanol–water partition coefficient (Wildman–Crippen LogP) is 2.90. The minimum Gasteiger partial charge on any atom is -0.369 e. The lowest BCUT2D eigenvalue weighted by atomic mass is 10.2. The van der Waals surface area contributed by atoms with Gasteiger partial charge in [0.2, 0.25) is 5.91 Å². The Morgan fingerprint density at radius 3 is 2.30 bits per heavy atom. The molecule has 5 heteroatoms. The fraction of sp³-hybridized carbons (Fsp3) is 0.409. The predicted molar refractivity (Wildman–Crippen MR) is 112 cm³/mol. The largest absolute Gasteiger partial charge is 0.369 e. The van der Waals surface area contributed by atoms with Crippen LogP contribution in [0.2, 0.25) is 0 Å². The maximum atomic E-state index is 12.3. The second-order valence-corrected chi connectivity index (χ2v) is 7.17. The van der Waals surface area contributed by atoms with Crippen molar-refractivity contribution in [3.05, 3.63) is 60.2 Å². The first-order valence-corrected chi connectivity index (χ1v) is 9.73. The first-order valence-electron chi connectivity index (χ1n) is 9.73. The normalized spacial score (nSPS) is 15.1. The number of nitrogens with one attached hydrogen (secondary N) is 1. The summed E-state index contributed by atoms with van der Waals surface area (Å²) in [6, 6.07) is 18.4. The van der Waals surface area contributed by atoms with Gasteiger partial charge in [-0.15, -0.1) is 0 Å². The van der Waals surface area contributed by atoms with Gasteiger partial charge in [-0.05, 0) is 43.4 Å². The summed E-state index contributed by atoms with van der Waals surface area (Å²) in [6.45, 7) is 8.81. The quantitative estimate of drug-likeness (QED) is 0.818. The van der Waals surface area contributed by atoms with E-state index < -0.39 is 0 Å². The highest BCUT2D eigenvalue weighted by molar-refractivity contribution is 5.92. The van der Waals surface area contributed by atoms with Crippen molar-refractivity contribution in [3.8, 4) is 0 Å². The number of nitrogens with zero attached hydrogens (tertiary/aromatic N) is 3. The van der Waals surface area contributed by atoms with Crippen LogP contribution in [0, 0.1) is 0 Å². The summed E-state index contributed by atoms with van der Waals surface area (Å²) < 4.78 is 0.